The average molecular weight is 542 g/mol. The van der Waals surface area contributed by atoms with Crippen molar-refractivity contribution in [3.05, 3.63) is 39.2 Å². The molecule has 1 aliphatic heterocycles. The van der Waals surface area contributed by atoms with Crippen LogP contribution in [0.3, 0.4) is 0 Å². The Morgan fingerprint density at radius 2 is 2.27 bits per heavy atom. The van der Waals surface area contributed by atoms with Crippen LogP contribution in [0.25, 0.3) is 5.69 Å². The van der Waals surface area contributed by atoms with Crippen molar-refractivity contribution in [2.75, 3.05) is 13.2 Å². The number of aromatic nitrogens is 2. The van der Waals surface area contributed by atoms with E-state index in [4.69, 9.17) is 9.47 Å². The minimum atomic E-state index is -0.637. The first kappa shape index (κ1) is 16.3. The molecule has 0 spiro atoms. The number of alkyl halides is 2. The number of rotatable bonds is 2. The molecule has 8 heteroatoms. The number of fused-ring (bicyclic) bond motifs is 3. The Morgan fingerprint density at radius 3 is 3.00 bits per heavy atom. The lowest BCUT2D eigenvalue weighted by atomic mass is 10.2. The van der Waals surface area contributed by atoms with Crippen LogP contribution >= 0.6 is 54.5 Å². The Bertz CT molecular complexity index is 746. The Morgan fingerprint density at radius 1 is 1.50 bits per heavy atom. The fourth-order valence-electron chi connectivity index (χ4n) is 2.15. The number of hydrogen-bond donors (Lipinski definition) is 0. The number of hydrogen-bond acceptors (Lipinski definition) is 4. The van der Waals surface area contributed by atoms with Gasteiger partial charge < -0.3 is 9.47 Å². The molecule has 5 nitrogen and oxygen atoms in total. The number of benzene rings is 1. The predicted octanol–water partition coefficient (Wildman–Crippen LogP) is 3.99. The molecule has 0 aliphatic carbocycles. The maximum Gasteiger partial charge on any atom is 0.358 e. The number of carbonyl (C=O) groups excluding carboxylic acids is 1. The maximum atomic E-state index is 12.0. The van der Waals surface area contributed by atoms with Crippen molar-refractivity contribution in [2.24, 2.45) is 0 Å². The molecular formula is C14H11Br2IN2O3. The van der Waals surface area contributed by atoms with E-state index in [1.807, 2.05) is 18.2 Å². The van der Waals surface area contributed by atoms with E-state index in [2.05, 4.69) is 59.5 Å². The second-order valence-corrected chi connectivity index (χ2v) is 9.67. The summed E-state index contributed by atoms with van der Waals surface area (Å²) in [5, 5.41) is 4.41. The zero-order valence-electron chi connectivity index (χ0n) is 11.5. The molecule has 0 saturated heterocycles. The number of ether oxygens (including phenoxy) is 2. The third-order valence-electron chi connectivity index (χ3n) is 3.13. The van der Waals surface area contributed by atoms with Crippen molar-refractivity contribution in [1.82, 2.24) is 9.78 Å². The lowest BCUT2D eigenvalue weighted by Crippen LogP contribution is -2.19. The number of nitrogens with zero attached hydrogens (tertiary/aromatic N) is 2. The van der Waals surface area contributed by atoms with Gasteiger partial charge in [-0.1, -0.05) is 31.9 Å². The van der Waals surface area contributed by atoms with Crippen LogP contribution in [0, 0.1) is 3.57 Å². The summed E-state index contributed by atoms with van der Waals surface area (Å²) in [5.74, 6) is 0.271. The Balaban J connectivity index is 2.19. The second kappa shape index (κ2) is 6.12. The number of carbonyl (C=O) groups is 1. The van der Waals surface area contributed by atoms with Gasteiger partial charge in [-0.25, -0.2) is 9.48 Å². The van der Waals surface area contributed by atoms with Crippen LogP contribution in [0.5, 0.6) is 5.75 Å². The van der Waals surface area contributed by atoms with Gasteiger partial charge in [0, 0.05) is 3.57 Å². The van der Waals surface area contributed by atoms with E-state index in [9.17, 15) is 4.79 Å². The zero-order chi connectivity index (χ0) is 15.9. The summed E-state index contributed by atoms with van der Waals surface area (Å²) in [5.41, 5.74) is 1.83. The highest BCUT2D eigenvalue weighted by Gasteiger charge is 2.36. The highest BCUT2D eigenvalue weighted by atomic mass is 127. The van der Waals surface area contributed by atoms with Crippen LogP contribution in [-0.2, 0) is 7.97 Å². The molecule has 0 N–H and O–H groups in total. The van der Waals surface area contributed by atoms with E-state index in [-0.39, 0.29) is 5.69 Å². The van der Waals surface area contributed by atoms with Crippen molar-refractivity contribution in [2.45, 2.75) is 10.2 Å². The van der Waals surface area contributed by atoms with Gasteiger partial charge in [-0.15, -0.1) is 0 Å². The molecule has 1 aromatic carbocycles. The van der Waals surface area contributed by atoms with Crippen LogP contribution in [0.1, 0.15) is 23.1 Å². The standard InChI is InChI=1S/C14H11Br2IN2O3/c1-2-21-13(20)9-6-12-14(15,16)7-22-11-4-3-8(17)5-10(11)19(12)18-9/h3-6H,2,7H2,1H3. The van der Waals surface area contributed by atoms with Crippen LogP contribution < -0.4 is 4.74 Å². The average Bonchev–Trinajstić information content (AvgIpc) is 2.88. The molecule has 3 rings (SSSR count). The normalized spacial score (nSPS) is 15.3. The third-order valence-corrected chi connectivity index (χ3v) is 5.07. The Kier molecular flexibility index (Phi) is 4.52. The SMILES string of the molecule is CCOC(=O)c1cc2n(n1)-c1cc(I)ccc1OCC2(Br)Br. The Hall–Kier alpha value is -0.610. The molecule has 0 unspecified atom stereocenters. The van der Waals surface area contributed by atoms with Gasteiger partial charge in [-0.05, 0) is 53.8 Å². The van der Waals surface area contributed by atoms with Crippen LogP contribution in [0.2, 0.25) is 0 Å². The van der Waals surface area contributed by atoms with Gasteiger partial charge in [0.2, 0.25) is 0 Å². The molecule has 0 radical (unpaired) electrons. The number of esters is 1. The molecule has 0 fully saturated rings. The second-order valence-electron chi connectivity index (χ2n) is 4.65. The molecule has 1 aliphatic rings. The molecule has 0 saturated carbocycles. The lowest BCUT2D eigenvalue weighted by Gasteiger charge is -2.17. The highest BCUT2D eigenvalue weighted by molar-refractivity contribution is 14.1. The molecular weight excluding hydrogens is 531 g/mol. The summed E-state index contributed by atoms with van der Waals surface area (Å²) < 4.78 is 13.0. The summed E-state index contributed by atoms with van der Waals surface area (Å²) in [4.78, 5) is 12.0. The topological polar surface area (TPSA) is 53.4 Å². The molecule has 116 valence electrons. The smallest absolute Gasteiger partial charge is 0.358 e. The summed E-state index contributed by atoms with van der Waals surface area (Å²) in [6.07, 6.45) is 0. The molecule has 22 heavy (non-hydrogen) atoms. The molecule has 0 bridgehead atoms. The van der Waals surface area contributed by atoms with E-state index in [1.54, 1.807) is 17.7 Å². The minimum Gasteiger partial charge on any atom is -0.489 e. The summed E-state index contributed by atoms with van der Waals surface area (Å²) >= 11 is 9.42. The molecule has 1 aromatic heterocycles. The van der Waals surface area contributed by atoms with Crippen molar-refractivity contribution >= 4 is 60.4 Å². The number of halogens is 3. The van der Waals surface area contributed by atoms with Crippen molar-refractivity contribution in [3.8, 4) is 11.4 Å². The third kappa shape index (κ3) is 2.92. The molecule has 0 amide bonds. The lowest BCUT2D eigenvalue weighted by molar-refractivity contribution is 0.0519. The van der Waals surface area contributed by atoms with Gasteiger partial charge >= 0.3 is 5.97 Å². The van der Waals surface area contributed by atoms with E-state index in [0.29, 0.717) is 19.0 Å². The first-order valence-electron chi connectivity index (χ1n) is 6.50. The molecule has 0 atom stereocenters. The fourth-order valence-corrected chi connectivity index (χ4v) is 3.42. The zero-order valence-corrected chi connectivity index (χ0v) is 16.8. The van der Waals surface area contributed by atoms with Crippen molar-refractivity contribution in [1.29, 1.82) is 0 Å². The van der Waals surface area contributed by atoms with Crippen LogP contribution in [0.15, 0.2) is 24.3 Å². The van der Waals surface area contributed by atoms with Gasteiger partial charge in [-0.3, -0.25) is 0 Å². The minimum absolute atomic E-state index is 0.270. The van der Waals surface area contributed by atoms with E-state index in [1.165, 1.54) is 0 Å². The van der Waals surface area contributed by atoms with Gasteiger partial charge in [0.05, 0.1) is 12.3 Å². The van der Waals surface area contributed by atoms with Crippen LogP contribution in [-0.4, -0.2) is 29.0 Å². The van der Waals surface area contributed by atoms with Crippen molar-refractivity contribution < 1.29 is 14.3 Å². The summed E-state index contributed by atoms with van der Waals surface area (Å²) in [6, 6.07) is 7.53. The van der Waals surface area contributed by atoms with Gasteiger partial charge in [-0.2, -0.15) is 5.10 Å². The van der Waals surface area contributed by atoms with Gasteiger partial charge in [0.1, 0.15) is 18.0 Å². The Labute approximate surface area is 157 Å². The largest absolute Gasteiger partial charge is 0.489 e. The molecule has 2 heterocycles. The first-order valence-corrected chi connectivity index (χ1v) is 9.17. The monoisotopic (exact) mass is 540 g/mol. The molecule has 2 aromatic rings. The van der Waals surface area contributed by atoms with Gasteiger partial charge in [0.15, 0.2) is 8.93 Å². The van der Waals surface area contributed by atoms with Crippen molar-refractivity contribution in [3.63, 3.8) is 0 Å². The maximum absolute atomic E-state index is 12.0. The predicted molar refractivity (Wildman–Crippen MR) is 97.3 cm³/mol. The van der Waals surface area contributed by atoms with E-state index >= 15 is 0 Å². The van der Waals surface area contributed by atoms with Crippen LogP contribution in [0.4, 0.5) is 0 Å². The van der Waals surface area contributed by atoms with Gasteiger partial charge in [0.25, 0.3) is 0 Å². The fraction of sp³-hybridized carbons (Fsp3) is 0.286. The summed E-state index contributed by atoms with van der Waals surface area (Å²) in [6.45, 7) is 2.44. The first-order chi connectivity index (χ1) is 10.4. The summed E-state index contributed by atoms with van der Waals surface area (Å²) in [7, 11) is 0. The highest BCUT2D eigenvalue weighted by Crippen LogP contribution is 2.43. The van der Waals surface area contributed by atoms with E-state index in [0.717, 1.165) is 15.0 Å². The van der Waals surface area contributed by atoms with E-state index < -0.39 is 9.20 Å². The quantitative estimate of drug-likeness (QED) is 0.328.